The maximum atomic E-state index is 12.7. The van der Waals surface area contributed by atoms with Crippen molar-refractivity contribution in [2.75, 3.05) is 39.3 Å². The SMILES string of the molecule is OC(CNCCN1CCCC1)COc1ccc(F)cc1. The number of likely N-dealkylation sites (tertiary alicyclic amines) is 1. The molecule has 0 spiro atoms. The van der Waals surface area contributed by atoms with Crippen LogP contribution in [0.3, 0.4) is 0 Å². The van der Waals surface area contributed by atoms with Gasteiger partial charge >= 0.3 is 0 Å². The molecule has 1 aliphatic heterocycles. The lowest BCUT2D eigenvalue weighted by Gasteiger charge is -2.16. The van der Waals surface area contributed by atoms with Gasteiger partial charge in [0.05, 0.1) is 0 Å². The highest BCUT2D eigenvalue weighted by molar-refractivity contribution is 5.22. The third-order valence-corrected chi connectivity index (χ3v) is 3.44. The minimum absolute atomic E-state index is 0.211. The van der Waals surface area contributed by atoms with Gasteiger partial charge in [-0.3, -0.25) is 0 Å². The Morgan fingerprint density at radius 3 is 2.65 bits per heavy atom. The molecule has 0 saturated carbocycles. The zero-order chi connectivity index (χ0) is 14.2. The maximum absolute atomic E-state index is 12.7. The van der Waals surface area contributed by atoms with Crippen LogP contribution in [0, 0.1) is 5.82 Å². The number of halogens is 1. The number of aliphatic hydroxyl groups is 1. The molecule has 0 amide bonds. The summed E-state index contributed by atoms with van der Waals surface area (Å²) in [4.78, 5) is 2.42. The van der Waals surface area contributed by atoms with Crippen molar-refractivity contribution in [3.05, 3.63) is 30.1 Å². The molecule has 0 radical (unpaired) electrons. The van der Waals surface area contributed by atoms with Crippen LogP contribution in [0.25, 0.3) is 0 Å². The molecule has 1 aliphatic rings. The van der Waals surface area contributed by atoms with Gasteiger partial charge in [-0.15, -0.1) is 0 Å². The normalized spacial score (nSPS) is 17.3. The molecule has 112 valence electrons. The first-order chi connectivity index (χ1) is 9.74. The molecule has 1 saturated heterocycles. The Balaban J connectivity index is 1.53. The summed E-state index contributed by atoms with van der Waals surface area (Å²) in [6.07, 6.45) is 2.04. The summed E-state index contributed by atoms with van der Waals surface area (Å²) in [5.74, 6) is 0.281. The van der Waals surface area contributed by atoms with Gasteiger partial charge in [-0.1, -0.05) is 0 Å². The number of ether oxygens (including phenoxy) is 1. The van der Waals surface area contributed by atoms with Crippen molar-refractivity contribution >= 4 is 0 Å². The molecule has 1 aromatic carbocycles. The Hall–Kier alpha value is -1.17. The second-order valence-electron chi connectivity index (χ2n) is 5.17. The van der Waals surface area contributed by atoms with E-state index in [4.69, 9.17) is 4.74 Å². The lowest BCUT2D eigenvalue weighted by molar-refractivity contribution is 0.106. The second-order valence-corrected chi connectivity index (χ2v) is 5.17. The van der Waals surface area contributed by atoms with Crippen LogP contribution < -0.4 is 10.1 Å². The van der Waals surface area contributed by atoms with E-state index in [0.717, 1.165) is 13.1 Å². The summed E-state index contributed by atoms with van der Waals surface area (Å²) >= 11 is 0. The molecule has 0 aliphatic carbocycles. The molecule has 2 N–H and O–H groups in total. The molecule has 1 aromatic rings. The number of hydrogen-bond donors (Lipinski definition) is 2. The highest BCUT2D eigenvalue weighted by Gasteiger charge is 2.11. The molecule has 1 atom stereocenters. The van der Waals surface area contributed by atoms with Crippen LogP contribution in [-0.2, 0) is 0 Å². The quantitative estimate of drug-likeness (QED) is 0.705. The summed E-state index contributed by atoms with van der Waals surface area (Å²) in [5, 5.41) is 13.0. The highest BCUT2D eigenvalue weighted by atomic mass is 19.1. The number of benzene rings is 1. The van der Waals surface area contributed by atoms with Gasteiger partial charge in [-0.2, -0.15) is 0 Å². The maximum Gasteiger partial charge on any atom is 0.123 e. The second kappa shape index (κ2) is 8.19. The van der Waals surface area contributed by atoms with E-state index in [1.165, 1.54) is 38.1 Å². The Morgan fingerprint density at radius 1 is 1.25 bits per heavy atom. The molecule has 2 rings (SSSR count). The van der Waals surface area contributed by atoms with Gasteiger partial charge < -0.3 is 20.1 Å². The molecule has 5 heteroatoms. The predicted octanol–water partition coefficient (Wildman–Crippen LogP) is 1.25. The largest absolute Gasteiger partial charge is 0.491 e. The number of nitrogens with zero attached hydrogens (tertiary/aromatic N) is 1. The Kier molecular flexibility index (Phi) is 6.24. The van der Waals surface area contributed by atoms with E-state index in [0.29, 0.717) is 12.3 Å². The van der Waals surface area contributed by atoms with Crippen molar-refractivity contribution in [1.82, 2.24) is 10.2 Å². The van der Waals surface area contributed by atoms with Crippen LogP contribution in [-0.4, -0.2) is 55.4 Å². The molecule has 4 nitrogen and oxygen atoms in total. The van der Waals surface area contributed by atoms with E-state index in [1.807, 2.05) is 0 Å². The molecule has 1 unspecified atom stereocenters. The van der Waals surface area contributed by atoms with Crippen LogP contribution in [0.5, 0.6) is 5.75 Å². The summed E-state index contributed by atoms with van der Waals surface area (Å²) in [5.41, 5.74) is 0. The number of hydrogen-bond acceptors (Lipinski definition) is 4. The van der Waals surface area contributed by atoms with Crippen LogP contribution in [0.1, 0.15) is 12.8 Å². The Labute approximate surface area is 119 Å². The van der Waals surface area contributed by atoms with Crippen molar-refractivity contribution in [2.45, 2.75) is 18.9 Å². The Morgan fingerprint density at radius 2 is 1.95 bits per heavy atom. The van der Waals surface area contributed by atoms with E-state index in [9.17, 15) is 9.50 Å². The van der Waals surface area contributed by atoms with E-state index >= 15 is 0 Å². The third kappa shape index (κ3) is 5.45. The summed E-state index contributed by atoms with van der Waals surface area (Å²) < 4.78 is 18.1. The van der Waals surface area contributed by atoms with Crippen molar-refractivity contribution < 1.29 is 14.2 Å². The molecule has 1 fully saturated rings. The molecule has 0 aromatic heterocycles. The monoisotopic (exact) mass is 282 g/mol. The van der Waals surface area contributed by atoms with Gasteiger partial charge in [0.2, 0.25) is 0 Å². The van der Waals surface area contributed by atoms with Gasteiger partial charge in [-0.25, -0.2) is 4.39 Å². The van der Waals surface area contributed by atoms with Crippen LogP contribution in [0.4, 0.5) is 4.39 Å². The molecule has 0 bridgehead atoms. The molecular formula is C15H23FN2O2. The van der Waals surface area contributed by atoms with E-state index < -0.39 is 6.10 Å². The van der Waals surface area contributed by atoms with Crippen LogP contribution in [0.2, 0.25) is 0 Å². The third-order valence-electron chi connectivity index (χ3n) is 3.44. The fraction of sp³-hybridized carbons (Fsp3) is 0.600. The number of aliphatic hydroxyl groups excluding tert-OH is 1. The van der Waals surface area contributed by atoms with Crippen LogP contribution in [0.15, 0.2) is 24.3 Å². The molecule has 1 heterocycles. The van der Waals surface area contributed by atoms with Gasteiger partial charge in [0.15, 0.2) is 0 Å². The minimum atomic E-state index is -0.557. The van der Waals surface area contributed by atoms with Crippen molar-refractivity contribution in [3.8, 4) is 5.75 Å². The zero-order valence-electron chi connectivity index (χ0n) is 11.7. The first-order valence-electron chi connectivity index (χ1n) is 7.23. The van der Waals surface area contributed by atoms with Crippen LogP contribution >= 0.6 is 0 Å². The minimum Gasteiger partial charge on any atom is -0.491 e. The summed E-state index contributed by atoms with van der Waals surface area (Å²) in [6.45, 7) is 5.02. The first-order valence-corrected chi connectivity index (χ1v) is 7.23. The van der Waals surface area contributed by atoms with Gasteiger partial charge in [-0.05, 0) is 50.2 Å². The topological polar surface area (TPSA) is 44.7 Å². The molecule has 20 heavy (non-hydrogen) atoms. The zero-order valence-corrected chi connectivity index (χ0v) is 11.7. The van der Waals surface area contributed by atoms with Gasteiger partial charge in [0.25, 0.3) is 0 Å². The highest BCUT2D eigenvalue weighted by Crippen LogP contribution is 2.11. The summed E-state index contributed by atoms with van der Waals surface area (Å²) in [6, 6.07) is 5.80. The predicted molar refractivity (Wildman–Crippen MR) is 76.4 cm³/mol. The van der Waals surface area contributed by atoms with E-state index in [2.05, 4.69) is 10.2 Å². The average molecular weight is 282 g/mol. The van der Waals surface area contributed by atoms with Crippen molar-refractivity contribution in [3.63, 3.8) is 0 Å². The van der Waals surface area contributed by atoms with E-state index in [-0.39, 0.29) is 12.4 Å². The lowest BCUT2D eigenvalue weighted by Crippen LogP contribution is -2.36. The fourth-order valence-corrected chi connectivity index (χ4v) is 2.29. The van der Waals surface area contributed by atoms with Crippen molar-refractivity contribution in [2.24, 2.45) is 0 Å². The number of rotatable bonds is 8. The summed E-state index contributed by atoms with van der Waals surface area (Å²) in [7, 11) is 0. The Bertz CT molecular complexity index is 380. The average Bonchev–Trinajstić information content (AvgIpc) is 2.96. The fourth-order valence-electron chi connectivity index (χ4n) is 2.29. The van der Waals surface area contributed by atoms with Crippen molar-refractivity contribution in [1.29, 1.82) is 0 Å². The number of nitrogens with one attached hydrogen (secondary N) is 1. The van der Waals surface area contributed by atoms with Gasteiger partial charge in [0, 0.05) is 19.6 Å². The molecular weight excluding hydrogens is 259 g/mol. The lowest BCUT2D eigenvalue weighted by atomic mass is 10.3. The standard InChI is InChI=1S/C15H23FN2O2/c16-13-3-5-15(6-4-13)20-12-14(19)11-17-7-10-18-8-1-2-9-18/h3-6,14,17,19H,1-2,7-12H2. The van der Waals surface area contributed by atoms with Gasteiger partial charge in [0.1, 0.15) is 24.3 Å². The first kappa shape index (κ1) is 15.2. The van der Waals surface area contributed by atoms with E-state index in [1.54, 1.807) is 12.1 Å². The smallest absolute Gasteiger partial charge is 0.123 e.